The summed E-state index contributed by atoms with van der Waals surface area (Å²) in [4.78, 5) is 10.5. The van der Waals surface area contributed by atoms with E-state index in [0.717, 1.165) is 49.0 Å². The van der Waals surface area contributed by atoms with Gasteiger partial charge in [-0.2, -0.15) is 0 Å². The summed E-state index contributed by atoms with van der Waals surface area (Å²) in [6.45, 7) is 15.4. The predicted molar refractivity (Wildman–Crippen MR) is 257 cm³/mol. The number of hydrogen-bond donors (Lipinski definition) is 0. The molecule has 0 saturated heterocycles. The van der Waals surface area contributed by atoms with E-state index in [0.29, 0.717) is 0 Å². The summed E-state index contributed by atoms with van der Waals surface area (Å²) in [5, 5.41) is 21.7. The molecular formula is C55H86N2NiO2. The molecule has 0 saturated carbocycles. The van der Waals surface area contributed by atoms with Crippen molar-refractivity contribution in [1.29, 1.82) is 0 Å². The van der Waals surface area contributed by atoms with Gasteiger partial charge in [-0.1, -0.05) is 192 Å². The molecule has 0 aromatic heterocycles. The maximum atomic E-state index is 11.0. The van der Waals surface area contributed by atoms with Crippen molar-refractivity contribution in [2.75, 3.05) is 0 Å². The van der Waals surface area contributed by atoms with Crippen molar-refractivity contribution in [1.82, 2.24) is 0 Å². The van der Waals surface area contributed by atoms with Crippen molar-refractivity contribution in [2.45, 2.75) is 228 Å². The molecule has 0 aliphatic heterocycles. The molecule has 0 N–H and O–H groups in total. The Morgan fingerprint density at radius 3 is 1.08 bits per heavy atom. The van der Waals surface area contributed by atoms with Gasteiger partial charge >= 0.3 is 16.5 Å². The maximum Gasteiger partial charge on any atom is 2.00 e. The van der Waals surface area contributed by atoms with Gasteiger partial charge in [-0.25, -0.2) is 0 Å². The zero-order chi connectivity index (χ0) is 42.9. The summed E-state index contributed by atoms with van der Waals surface area (Å²) >= 11 is 0. The number of aliphatic imine (C=N–C) groups is 2. The van der Waals surface area contributed by atoms with Gasteiger partial charge in [0.15, 0.2) is 0 Å². The van der Waals surface area contributed by atoms with E-state index in [1.54, 1.807) is 6.07 Å². The van der Waals surface area contributed by atoms with Crippen LogP contribution in [0.25, 0.3) is 0 Å². The minimum Gasteiger partial charge on any atom is -0.873 e. The van der Waals surface area contributed by atoms with Crippen molar-refractivity contribution in [2.24, 2.45) is 9.98 Å². The molecule has 5 heteroatoms. The number of unbranched alkanes of at least 4 members (excludes halogenated alkanes) is 22. The molecule has 0 amide bonds. The third kappa shape index (κ3) is 27.1. The zero-order valence-corrected chi connectivity index (χ0v) is 40.5. The fraction of sp³-hybridized carbons (Fsp3) is 0.636. The third-order valence-corrected chi connectivity index (χ3v) is 11.4. The number of nitrogens with zero attached hydrogens (tertiary/aromatic N) is 2. The van der Waals surface area contributed by atoms with E-state index in [2.05, 4.69) is 84.9 Å². The quantitative estimate of drug-likeness (QED) is 0.0367. The molecule has 60 heavy (non-hydrogen) atoms. The SMILES string of the molecule is CCCCCCCCCCCCCCCCCCCCCCC(=Nc1cc(C)cc(C)c1)C(CCCC)=Nc1cc(C)cc(C)c1.CCCCCc1ccc([O-])c([O-])c1.[Ni+2]. The first-order valence-electron chi connectivity index (χ1n) is 24.4. The molecule has 338 valence electrons. The summed E-state index contributed by atoms with van der Waals surface area (Å²) in [6.07, 6.45) is 36.9. The van der Waals surface area contributed by atoms with Gasteiger partial charge in [0.05, 0.1) is 22.8 Å². The van der Waals surface area contributed by atoms with Crippen LogP contribution in [-0.4, -0.2) is 11.4 Å². The van der Waals surface area contributed by atoms with Gasteiger partial charge in [0, 0.05) is 0 Å². The van der Waals surface area contributed by atoms with Crippen molar-refractivity contribution < 1.29 is 26.7 Å². The van der Waals surface area contributed by atoms with Gasteiger partial charge in [0.2, 0.25) is 0 Å². The summed E-state index contributed by atoms with van der Waals surface area (Å²) < 4.78 is 0. The Labute approximate surface area is 379 Å². The van der Waals surface area contributed by atoms with Crippen LogP contribution in [0.4, 0.5) is 11.4 Å². The molecule has 3 aromatic rings. The summed E-state index contributed by atoms with van der Waals surface area (Å²) in [5.41, 5.74) is 10.6. The third-order valence-electron chi connectivity index (χ3n) is 11.4. The Morgan fingerprint density at radius 1 is 0.383 bits per heavy atom. The first-order valence-corrected chi connectivity index (χ1v) is 24.4. The second kappa shape index (κ2) is 35.7. The molecule has 0 fully saturated rings. The van der Waals surface area contributed by atoms with Crippen LogP contribution < -0.4 is 10.2 Å². The van der Waals surface area contributed by atoms with Gasteiger partial charge in [-0.05, 0) is 118 Å². The topological polar surface area (TPSA) is 70.8 Å². The number of rotatable bonds is 31. The van der Waals surface area contributed by atoms with E-state index in [4.69, 9.17) is 9.98 Å². The van der Waals surface area contributed by atoms with Crippen molar-refractivity contribution >= 4 is 22.8 Å². The number of benzene rings is 3. The molecular weight excluding hydrogens is 779 g/mol. The van der Waals surface area contributed by atoms with Gasteiger partial charge in [-0.3, -0.25) is 9.98 Å². The Balaban J connectivity index is 0.00000109. The molecule has 0 bridgehead atoms. The van der Waals surface area contributed by atoms with E-state index in [1.807, 2.05) is 0 Å². The Bertz CT molecular complexity index is 1550. The Hall–Kier alpha value is -2.91. The Kier molecular flexibility index (Phi) is 32.8. The van der Waals surface area contributed by atoms with Gasteiger partial charge in [0.25, 0.3) is 0 Å². The number of aryl methyl sites for hydroxylation is 5. The molecule has 3 rings (SSSR count). The monoisotopic (exact) mass is 865 g/mol. The van der Waals surface area contributed by atoms with E-state index >= 15 is 0 Å². The van der Waals surface area contributed by atoms with E-state index in [1.165, 1.54) is 193 Å². The molecule has 0 unspecified atom stereocenters. The second-order valence-electron chi connectivity index (χ2n) is 17.6. The Morgan fingerprint density at radius 2 is 0.717 bits per heavy atom. The molecule has 3 aromatic carbocycles. The summed E-state index contributed by atoms with van der Waals surface area (Å²) in [6, 6.07) is 17.9. The van der Waals surface area contributed by atoms with Crippen LogP contribution in [-0.2, 0) is 22.9 Å². The molecule has 0 aliphatic rings. The van der Waals surface area contributed by atoms with Crippen LogP contribution in [0, 0.1) is 27.7 Å². The fourth-order valence-corrected chi connectivity index (χ4v) is 8.05. The van der Waals surface area contributed by atoms with Crippen LogP contribution in [0.5, 0.6) is 11.5 Å². The van der Waals surface area contributed by atoms with Crippen molar-refractivity contribution in [3.63, 3.8) is 0 Å². The summed E-state index contributed by atoms with van der Waals surface area (Å²) in [5.74, 6) is -0.784. The van der Waals surface area contributed by atoms with Crippen LogP contribution in [0.15, 0.2) is 64.6 Å². The molecule has 0 aliphatic carbocycles. The van der Waals surface area contributed by atoms with Crippen LogP contribution in [0.2, 0.25) is 0 Å². The smallest absolute Gasteiger partial charge is 0.873 e. The fourth-order valence-electron chi connectivity index (χ4n) is 8.05. The average Bonchev–Trinajstić information content (AvgIpc) is 3.19. The van der Waals surface area contributed by atoms with Gasteiger partial charge < -0.3 is 10.2 Å². The minimum atomic E-state index is -0.403. The predicted octanol–water partition coefficient (Wildman–Crippen LogP) is 16.7. The van der Waals surface area contributed by atoms with Gasteiger partial charge in [0.1, 0.15) is 0 Å². The van der Waals surface area contributed by atoms with Crippen LogP contribution in [0.1, 0.15) is 222 Å². The van der Waals surface area contributed by atoms with Gasteiger partial charge in [-0.15, -0.1) is 11.5 Å². The first kappa shape index (κ1) is 55.1. The molecule has 0 heterocycles. The second-order valence-corrected chi connectivity index (χ2v) is 17.6. The van der Waals surface area contributed by atoms with E-state index < -0.39 is 5.75 Å². The average molecular weight is 866 g/mol. The molecule has 0 atom stereocenters. The van der Waals surface area contributed by atoms with Crippen molar-refractivity contribution in [3.8, 4) is 11.5 Å². The minimum absolute atomic E-state index is 0. The zero-order valence-electron chi connectivity index (χ0n) is 39.5. The largest absolute Gasteiger partial charge is 2.00 e. The van der Waals surface area contributed by atoms with Crippen LogP contribution in [0.3, 0.4) is 0 Å². The molecule has 0 radical (unpaired) electrons. The normalized spacial score (nSPS) is 11.7. The first-order chi connectivity index (χ1) is 28.6. The number of hydrogen-bond acceptors (Lipinski definition) is 4. The summed E-state index contributed by atoms with van der Waals surface area (Å²) in [7, 11) is 0. The van der Waals surface area contributed by atoms with E-state index in [-0.39, 0.29) is 22.2 Å². The van der Waals surface area contributed by atoms with Crippen molar-refractivity contribution in [3.05, 3.63) is 82.4 Å². The van der Waals surface area contributed by atoms with Crippen LogP contribution >= 0.6 is 0 Å². The molecule has 4 nitrogen and oxygen atoms in total. The maximum absolute atomic E-state index is 11.0. The molecule has 0 spiro atoms. The standard InChI is InChI=1S/C44H72N2.C11H16O2.Ni/c1-7-9-11-12-13-14-15-16-17-18-19-20-21-22-23-24-25-26-27-28-30-44(46-42-35-39(5)32-40(6)36-42)43(29-10-8-2)45-41-33-37(3)31-38(4)34-41;1-2-3-4-5-9-6-7-10(12)11(13)8-9;/h31-36H,7-30H2,1-6H3;6-8,12-13H,2-5H2,1H3;/q;;+2/p-2. The van der Waals surface area contributed by atoms with E-state index in [9.17, 15) is 10.2 Å².